The van der Waals surface area contributed by atoms with E-state index < -0.39 is 5.12 Å². The third-order valence-corrected chi connectivity index (χ3v) is 3.46. The van der Waals surface area contributed by atoms with Gasteiger partial charge in [-0.1, -0.05) is 16.6 Å². The molecule has 1 heterocycles. The number of phenolic OH excluding ortho intramolecular Hbond substituents is 1. The summed E-state index contributed by atoms with van der Waals surface area (Å²) in [6.07, 6.45) is 0. The molecule has 0 atom stereocenters. The zero-order valence-electron chi connectivity index (χ0n) is 8.31. The van der Waals surface area contributed by atoms with Crippen LogP contribution in [0.1, 0.15) is 10.4 Å². The van der Waals surface area contributed by atoms with Crippen molar-refractivity contribution < 1.29 is 9.90 Å². The fourth-order valence-corrected chi connectivity index (χ4v) is 1.73. The van der Waals surface area contributed by atoms with Gasteiger partial charge < -0.3 is 5.11 Å². The predicted molar refractivity (Wildman–Crippen MR) is 75.8 cm³/mol. The molecule has 0 bridgehead atoms. The third kappa shape index (κ3) is 4.58. The van der Waals surface area contributed by atoms with Crippen molar-refractivity contribution in [1.82, 2.24) is 9.59 Å². The first-order chi connectivity index (χ1) is 8.02. The lowest BCUT2D eigenvalue weighted by Crippen LogP contribution is -1.87. The maximum atomic E-state index is 10.6. The van der Waals surface area contributed by atoms with Crippen LogP contribution in [0.25, 0.3) is 0 Å². The van der Waals surface area contributed by atoms with Crippen LogP contribution >= 0.6 is 49.4 Å². The van der Waals surface area contributed by atoms with Crippen molar-refractivity contribution >= 4 is 54.5 Å². The van der Waals surface area contributed by atoms with Crippen LogP contribution in [0, 0.1) is 0 Å². The average molecular weight is 304 g/mol. The molecule has 0 unspecified atom stereocenters. The highest BCUT2D eigenvalue weighted by Crippen LogP contribution is 2.17. The Labute approximate surface area is 118 Å². The molecule has 0 saturated heterocycles. The number of carbonyl (C=O) groups excluding carboxylic acids is 1. The van der Waals surface area contributed by atoms with Crippen LogP contribution in [-0.4, -0.2) is 19.8 Å². The molecule has 2 aromatic rings. The Bertz CT molecular complexity index is 499. The maximum absolute atomic E-state index is 10.6. The molecule has 0 aliphatic heterocycles. The first-order valence-corrected chi connectivity index (χ1v) is 6.35. The van der Waals surface area contributed by atoms with Gasteiger partial charge in [-0.05, 0) is 23.7 Å². The second-order valence-electron chi connectivity index (χ2n) is 2.72. The molecule has 1 aromatic carbocycles. The van der Waals surface area contributed by atoms with Gasteiger partial charge in [-0.3, -0.25) is 4.79 Å². The minimum absolute atomic E-state index is 0.0255. The average Bonchev–Trinajstić information content (AvgIpc) is 2.64. The first-order valence-electron chi connectivity index (χ1n) is 4.24. The number of para-hydroxylation sites is 1. The molecular weight excluding hydrogens is 296 g/mol. The van der Waals surface area contributed by atoms with Crippen LogP contribution in [0.15, 0.2) is 33.5 Å². The molecular formula is C9H8N2O2S4. The smallest absolute Gasteiger partial charge is 0.220 e. The number of hydrogen-bond acceptors (Lipinski definition) is 7. The predicted octanol–water partition coefficient (Wildman–Crippen LogP) is 2.58. The molecule has 8 heteroatoms. The second kappa shape index (κ2) is 6.90. The van der Waals surface area contributed by atoms with Crippen molar-refractivity contribution in [3.05, 3.63) is 29.8 Å². The van der Waals surface area contributed by atoms with Crippen molar-refractivity contribution in [3.63, 3.8) is 0 Å². The Kier molecular flexibility index (Phi) is 5.83. The zero-order valence-corrected chi connectivity index (χ0v) is 11.8. The topological polar surface area (TPSA) is 63.1 Å². The minimum Gasteiger partial charge on any atom is -0.507 e. The van der Waals surface area contributed by atoms with Gasteiger partial charge in [0.05, 0.1) is 5.56 Å². The number of rotatable bonds is 1. The standard InChI is InChI=1S/C7H6O2S.C2H2N2S3/c8-6-4-2-1-3-5(6)7(9)10;5-1-2(6)7-4-3-1/h1-4,8H,(H,9,10);5-6H. The van der Waals surface area contributed by atoms with Gasteiger partial charge in [0.2, 0.25) is 5.12 Å². The Morgan fingerprint density at radius 3 is 2.24 bits per heavy atom. The van der Waals surface area contributed by atoms with Gasteiger partial charge in [0.1, 0.15) is 15.0 Å². The van der Waals surface area contributed by atoms with Crippen molar-refractivity contribution in [1.29, 1.82) is 0 Å². The lowest BCUT2D eigenvalue weighted by atomic mass is 10.2. The van der Waals surface area contributed by atoms with Crippen LogP contribution in [-0.2, 0) is 0 Å². The van der Waals surface area contributed by atoms with Gasteiger partial charge in [0.25, 0.3) is 0 Å². The number of phenols is 1. The Morgan fingerprint density at radius 1 is 1.29 bits per heavy atom. The molecule has 0 fully saturated rings. The highest BCUT2D eigenvalue weighted by molar-refractivity contribution is 7.97. The van der Waals surface area contributed by atoms with Crippen molar-refractivity contribution in [3.8, 4) is 5.75 Å². The molecule has 0 saturated carbocycles. The number of carbonyl (C=O) groups is 1. The Morgan fingerprint density at radius 2 is 1.94 bits per heavy atom. The second-order valence-corrected chi connectivity index (χ2v) is 5.06. The minimum atomic E-state index is -0.418. The van der Waals surface area contributed by atoms with E-state index >= 15 is 0 Å². The number of aromatic hydroxyl groups is 1. The quantitative estimate of drug-likeness (QED) is 0.612. The van der Waals surface area contributed by atoms with E-state index in [2.05, 4.69) is 47.5 Å². The summed E-state index contributed by atoms with van der Waals surface area (Å²) in [5, 5.41) is 12.8. The van der Waals surface area contributed by atoms with Crippen LogP contribution in [0.2, 0.25) is 0 Å². The molecule has 2 rings (SSSR count). The number of nitrogens with zero attached hydrogens (tertiary/aromatic N) is 2. The van der Waals surface area contributed by atoms with Gasteiger partial charge in [-0.15, -0.1) is 43.0 Å². The van der Waals surface area contributed by atoms with Gasteiger partial charge in [-0.25, -0.2) is 0 Å². The third-order valence-electron chi connectivity index (χ3n) is 1.59. The first kappa shape index (κ1) is 14.4. The molecule has 0 aliphatic rings. The summed E-state index contributed by atoms with van der Waals surface area (Å²) in [5.74, 6) is -0.0255. The summed E-state index contributed by atoms with van der Waals surface area (Å²) in [5.41, 5.74) is 0.242. The van der Waals surface area contributed by atoms with Gasteiger partial charge in [0.15, 0.2) is 0 Å². The summed E-state index contributed by atoms with van der Waals surface area (Å²) < 4.78 is 4.33. The summed E-state index contributed by atoms with van der Waals surface area (Å²) in [4.78, 5) is 10.6. The van der Waals surface area contributed by atoms with Gasteiger partial charge in [0, 0.05) is 0 Å². The number of thiol groups is 3. The van der Waals surface area contributed by atoms with E-state index in [9.17, 15) is 4.79 Å². The van der Waals surface area contributed by atoms with Crippen molar-refractivity contribution in [2.24, 2.45) is 0 Å². The SMILES string of the molecule is O=C(S)c1ccccc1O.Sc1nnsc1S. The van der Waals surface area contributed by atoms with Gasteiger partial charge >= 0.3 is 0 Å². The molecule has 4 nitrogen and oxygen atoms in total. The van der Waals surface area contributed by atoms with E-state index in [-0.39, 0.29) is 11.3 Å². The van der Waals surface area contributed by atoms with E-state index in [1.165, 1.54) is 23.7 Å². The Hall–Kier alpha value is -0.700. The molecule has 0 radical (unpaired) electrons. The zero-order chi connectivity index (χ0) is 12.8. The molecule has 90 valence electrons. The largest absolute Gasteiger partial charge is 0.507 e. The molecule has 0 aliphatic carbocycles. The molecule has 0 spiro atoms. The molecule has 0 amide bonds. The fourth-order valence-electron chi connectivity index (χ4n) is 0.836. The van der Waals surface area contributed by atoms with Gasteiger partial charge in [-0.2, -0.15) is 0 Å². The number of hydrogen-bond donors (Lipinski definition) is 4. The highest BCUT2D eigenvalue weighted by atomic mass is 32.2. The van der Waals surface area contributed by atoms with Crippen LogP contribution in [0.5, 0.6) is 5.75 Å². The lowest BCUT2D eigenvalue weighted by molar-refractivity contribution is 0.108. The lowest BCUT2D eigenvalue weighted by Gasteiger charge is -1.95. The van der Waals surface area contributed by atoms with E-state index in [0.717, 1.165) is 4.21 Å². The van der Waals surface area contributed by atoms with Crippen molar-refractivity contribution in [2.45, 2.75) is 9.24 Å². The number of aromatic nitrogens is 2. The van der Waals surface area contributed by atoms with E-state index in [0.29, 0.717) is 5.03 Å². The van der Waals surface area contributed by atoms with Crippen LogP contribution in [0.4, 0.5) is 0 Å². The molecule has 1 aromatic heterocycles. The summed E-state index contributed by atoms with van der Waals surface area (Å²) >= 11 is 12.7. The van der Waals surface area contributed by atoms with Crippen LogP contribution in [0.3, 0.4) is 0 Å². The van der Waals surface area contributed by atoms with Crippen molar-refractivity contribution in [2.75, 3.05) is 0 Å². The maximum Gasteiger partial charge on any atom is 0.220 e. The summed E-state index contributed by atoms with van der Waals surface area (Å²) in [6, 6.07) is 6.28. The Balaban J connectivity index is 0.000000181. The monoisotopic (exact) mass is 304 g/mol. The molecule has 17 heavy (non-hydrogen) atoms. The summed E-state index contributed by atoms with van der Waals surface area (Å²) in [6.45, 7) is 0. The van der Waals surface area contributed by atoms with E-state index in [4.69, 9.17) is 5.11 Å². The fraction of sp³-hybridized carbons (Fsp3) is 0. The highest BCUT2D eigenvalue weighted by Gasteiger charge is 2.03. The van der Waals surface area contributed by atoms with Crippen LogP contribution < -0.4 is 0 Å². The summed E-state index contributed by atoms with van der Waals surface area (Å²) in [7, 11) is 0. The molecule has 1 N–H and O–H groups in total. The number of benzene rings is 1. The van der Waals surface area contributed by atoms with E-state index in [1.807, 2.05) is 0 Å². The normalized spacial score (nSPS) is 9.35. The van der Waals surface area contributed by atoms with E-state index in [1.54, 1.807) is 12.1 Å².